The summed E-state index contributed by atoms with van der Waals surface area (Å²) in [6.07, 6.45) is 0. The predicted molar refractivity (Wildman–Crippen MR) is 75.4 cm³/mol. The maximum absolute atomic E-state index is 11.3. The number of rotatable bonds is 2. The number of nitrogens with one attached hydrogen (secondary N) is 1. The molecule has 0 aliphatic carbocycles. The summed E-state index contributed by atoms with van der Waals surface area (Å²) in [7, 11) is 0. The highest BCUT2D eigenvalue weighted by atomic mass is 79.9. The number of hydrogen-bond acceptors (Lipinski definition) is 4. The molecule has 1 saturated heterocycles. The molecule has 0 aromatic heterocycles. The second-order valence-electron chi connectivity index (χ2n) is 3.86. The van der Waals surface area contributed by atoms with Crippen LogP contribution in [0.2, 0.25) is 0 Å². The second kappa shape index (κ2) is 5.03. The summed E-state index contributed by atoms with van der Waals surface area (Å²) in [4.78, 5) is 24.6. The molecule has 2 amide bonds. The van der Waals surface area contributed by atoms with Gasteiger partial charge in [0.15, 0.2) is 0 Å². The van der Waals surface area contributed by atoms with E-state index in [1.54, 1.807) is 23.1 Å². The van der Waals surface area contributed by atoms with Gasteiger partial charge in [0.25, 0.3) is 0 Å². The van der Waals surface area contributed by atoms with Gasteiger partial charge in [0, 0.05) is 15.7 Å². The maximum atomic E-state index is 11.3. The largest absolute Gasteiger partial charge is 0.389 e. The number of nitrogens with zero attached hydrogens (tertiary/aromatic N) is 1. The van der Waals surface area contributed by atoms with Gasteiger partial charge in [0.1, 0.15) is 4.99 Å². The lowest BCUT2D eigenvalue weighted by Gasteiger charge is -2.27. The van der Waals surface area contributed by atoms with Crippen LogP contribution >= 0.6 is 28.1 Å². The number of carbonyl (C=O) groups is 2. The van der Waals surface area contributed by atoms with Crippen LogP contribution in [0.15, 0.2) is 22.7 Å². The number of amides is 2. The first kappa shape index (κ1) is 13.0. The van der Waals surface area contributed by atoms with Gasteiger partial charge in [-0.15, -0.1) is 0 Å². The lowest BCUT2D eigenvalue weighted by Crippen LogP contribution is -2.51. The Hall–Kier alpha value is -1.47. The number of carbonyl (C=O) groups excluding carboxylic acids is 2. The Morgan fingerprint density at radius 2 is 1.94 bits per heavy atom. The molecule has 1 heterocycles. The molecule has 18 heavy (non-hydrogen) atoms. The van der Waals surface area contributed by atoms with Crippen LogP contribution in [0.5, 0.6) is 0 Å². The molecule has 1 aliphatic heterocycles. The van der Waals surface area contributed by atoms with Crippen LogP contribution in [0, 0.1) is 0 Å². The molecule has 0 bridgehead atoms. The molecule has 1 fully saturated rings. The third-order valence-electron chi connectivity index (χ3n) is 2.53. The number of imide groups is 1. The van der Waals surface area contributed by atoms with Crippen LogP contribution < -0.4 is 16.0 Å². The van der Waals surface area contributed by atoms with E-state index in [4.69, 9.17) is 18.0 Å². The summed E-state index contributed by atoms with van der Waals surface area (Å²) in [6.45, 7) is 0.315. The smallest absolute Gasteiger partial charge is 0.246 e. The third kappa shape index (κ3) is 2.68. The molecule has 5 nitrogen and oxygen atoms in total. The average molecular weight is 328 g/mol. The van der Waals surface area contributed by atoms with Crippen LogP contribution in [0.1, 0.15) is 5.56 Å². The van der Waals surface area contributed by atoms with Gasteiger partial charge in [0.2, 0.25) is 11.8 Å². The first-order valence-corrected chi connectivity index (χ1v) is 6.34. The summed E-state index contributed by atoms with van der Waals surface area (Å²) in [5.74, 6) is -0.610. The van der Waals surface area contributed by atoms with Crippen molar-refractivity contribution in [3.8, 4) is 0 Å². The van der Waals surface area contributed by atoms with Crippen LogP contribution in [-0.2, 0) is 9.59 Å². The summed E-state index contributed by atoms with van der Waals surface area (Å²) < 4.78 is 0.742. The third-order valence-corrected chi connectivity index (χ3v) is 3.41. The highest BCUT2D eigenvalue weighted by molar-refractivity contribution is 9.10. The normalized spacial score (nSPS) is 15.5. The molecule has 0 spiro atoms. The lowest BCUT2D eigenvalue weighted by atomic mass is 10.2. The van der Waals surface area contributed by atoms with E-state index in [0.29, 0.717) is 4.99 Å². The average Bonchev–Trinajstić information content (AvgIpc) is 2.26. The van der Waals surface area contributed by atoms with Crippen molar-refractivity contribution in [2.24, 2.45) is 5.73 Å². The number of piperazine rings is 1. The number of hydrogen-bond donors (Lipinski definition) is 2. The molecular weight excluding hydrogens is 318 g/mol. The van der Waals surface area contributed by atoms with Gasteiger partial charge in [0.05, 0.1) is 13.1 Å². The van der Waals surface area contributed by atoms with Crippen molar-refractivity contribution in [2.45, 2.75) is 0 Å². The molecular formula is C11H10BrN3O2S. The van der Waals surface area contributed by atoms with E-state index in [9.17, 15) is 9.59 Å². The Labute approximate surface area is 117 Å². The van der Waals surface area contributed by atoms with E-state index in [-0.39, 0.29) is 24.9 Å². The van der Waals surface area contributed by atoms with Crippen LogP contribution in [0.25, 0.3) is 0 Å². The second-order valence-corrected chi connectivity index (χ2v) is 5.15. The minimum Gasteiger partial charge on any atom is -0.389 e. The molecule has 1 aliphatic rings. The van der Waals surface area contributed by atoms with Gasteiger partial charge in [-0.2, -0.15) is 0 Å². The van der Waals surface area contributed by atoms with Gasteiger partial charge < -0.3 is 10.6 Å². The zero-order valence-corrected chi connectivity index (χ0v) is 11.7. The number of nitrogens with two attached hydrogens (primary N) is 1. The topological polar surface area (TPSA) is 75.4 Å². The zero-order valence-electron chi connectivity index (χ0n) is 9.27. The Balaban J connectivity index is 2.29. The minimum atomic E-state index is -0.305. The molecule has 0 unspecified atom stereocenters. The molecule has 0 radical (unpaired) electrons. The highest BCUT2D eigenvalue weighted by Crippen LogP contribution is 2.24. The van der Waals surface area contributed by atoms with Crippen molar-refractivity contribution in [3.63, 3.8) is 0 Å². The maximum Gasteiger partial charge on any atom is 0.246 e. The molecule has 1 aromatic carbocycles. The van der Waals surface area contributed by atoms with Gasteiger partial charge in [-0.05, 0) is 34.1 Å². The fourth-order valence-electron chi connectivity index (χ4n) is 1.72. The standard InChI is InChI=1S/C11H10BrN3O2S/c12-8-3-6(1-2-7(8)11(13)18)15-4-9(16)14-10(17)5-15/h1-3H,4-5H2,(H2,13,18)(H,14,16,17). The van der Waals surface area contributed by atoms with E-state index in [1.165, 1.54) is 0 Å². The van der Waals surface area contributed by atoms with Crippen LogP contribution in [-0.4, -0.2) is 29.9 Å². The van der Waals surface area contributed by atoms with Gasteiger partial charge in [-0.3, -0.25) is 14.9 Å². The van der Waals surface area contributed by atoms with Crippen molar-refractivity contribution in [1.82, 2.24) is 5.32 Å². The Kier molecular flexibility index (Phi) is 3.63. The quantitative estimate of drug-likeness (QED) is 0.612. The Bertz CT molecular complexity index is 531. The summed E-state index contributed by atoms with van der Waals surface area (Å²) in [5.41, 5.74) is 7.05. The fourth-order valence-corrected chi connectivity index (χ4v) is 2.61. The van der Waals surface area contributed by atoms with Gasteiger partial charge in [-0.25, -0.2) is 0 Å². The van der Waals surface area contributed by atoms with Crippen molar-refractivity contribution in [2.75, 3.05) is 18.0 Å². The number of benzene rings is 1. The number of thiocarbonyl (C=S) groups is 1. The molecule has 7 heteroatoms. The van der Waals surface area contributed by atoms with Crippen molar-refractivity contribution >= 4 is 50.6 Å². The number of halogens is 1. The van der Waals surface area contributed by atoms with E-state index in [2.05, 4.69) is 21.2 Å². The molecule has 2 rings (SSSR count). The van der Waals surface area contributed by atoms with Gasteiger partial charge >= 0.3 is 0 Å². The van der Waals surface area contributed by atoms with E-state index in [1.807, 2.05) is 0 Å². The Morgan fingerprint density at radius 3 is 2.44 bits per heavy atom. The highest BCUT2D eigenvalue weighted by Gasteiger charge is 2.23. The van der Waals surface area contributed by atoms with Gasteiger partial charge in [-0.1, -0.05) is 12.2 Å². The summed E-state index contributed by atoms with van der Waals surface area (Å²) >= 11 is 8.27. The first-order chi connectivity index (χ1) is 8.47. The van der Waals surface area contributed by atoms with Crippen molar-refractivity contribution in [1.29, 1.82) is 0 Å². The van der Waals surface area contributed by atoms with Crippen LogP contribution in [0.3, 0.4) is 0 Å². The molecule has 1 aromatic rings. The van der Waals surface area contributed by atoms with Crippen molar-refractivity contribution < 1.29 is 9.59 Å². The first-order valence-electron chi connectivity index (χ1n) is 5.14. The molecule has 3 N–H and O–H groups in total. The minimum absolute atomic E-state index is 0.157. The fraction of sp³-hybridized carbons (Fsp3) is 0.182. The summed E-state index contributed by atoms with van der Waals surface area (Å²) in [5, 5.41) is 2.25. The SMILES string of the molecule is NC(=S)c1ccc(N2CC(=O)NC(=O)C2)cc1Br. The monoisotopic (exact) mass is 327 g/mol. The summed E-state index contributed by atoms with van der Waals surface area (Å²) in [6, 6.07) is 5.34. The van der Waals surface area contributed by atoms with E-state index in [0.717, 1.165) is 15.7 Å². The molecule has 0 atom stereocenters. The van der Waals surface area contributed by atoms with E-state index < -0.39 is 0 Å². The number of anilines is 1. The lowest BCUT2D eigenvalue weighted by molar-refractivity contribution is -0.130. The predicted octanol–water partition coefficient (Wildman–Crippen LogP) is 0.546. The molecule has 0 saturated carbocycles. The van der Waals surface area contributed by atoms with Crippen molar-refractivity contribution in [3.05, 3.63) is 28.2 Å². The Morgan fingerprint density at radius 1 is 1.33 bits per heavy atom. The van der Waals surface area contributed by atoms with Crippen LogP contribution in [0.4, 0.5) is 5.69 Å². The molecule has 94 valence electrons. The van der Waals surface area contributed by atoms with E-state index >= 15 is 0 Å². The zero-order chi connectivity index (χ0) is 13.3.